The molecule has 358 valence electrons. The van der Waals surface area contributed by atoms with Crippen LogP contribution in [0.15, 0.2) is 283 Å². The van der Waals surface area contributed by atoms with Crippen molar-refractivity contribution in [1.82, 2.24) is 4.57 Å². The van der Waals surface area contributed by atoms with Gasteiger partial charge in [-0.15, -0.1) is 0 Å². The minimum atomic E-state index is -0.638. The number of aromatic nitrogens is 1. The molecule has 17 rings (SSSR count). The van der Waals surface area contributed by atoms with Crippen LogP contribution in [0.25, 0.3) is 82.8 Å². The summed E-state index contributed by atoms with van der Waals surface area (Å²) in [7, 11) is 0. The quantitative estimate of drug-likeness (QED) is 0.171. The van der Waals surface area contributed by atoms with Crippen LogP contribution in [-0.2, 0) is 10.8 Å². The molecular formula is C74H46N2O. The highest BCUT2D eigenvalue weighted by Crippen LogP contribution is 2.68. The van der Waals surface area contributed by atoms with E-state index in [1.54, 1.807) is 0 Å². The normalized spacial score (nSPS) is 13.9. The van der Waals surface area contributed by atoms with Crippen LogP contribution in [0.5, 0.6) is 0 Å². The predicted octanol–water partition coefficient (Wildman–Crippen LogP) is 18.9. The number of anilines is 3. The summed E-state index contributed by atoms with van der Waals surface area (Å²) in [5.41, 5.74) is 25.2. The van der Waals surface area contributed by atoms with E-state index < -0.39 is 10.8 Å². The van der Waals surface area contributed by atoms with Gasteiger partial charge >= 0.3 is 0 Å². The van der Waals surface area contributed by atoms with E-state index >= 15 is 0 Å². The summed E-state index contributed by atoms with van der Waals surface area (Å²) < 4.78 is 9.01. The molecule has 0 aliphatic heterocycles. The summed E-state index contributed by atoms with van der Waals surface area (Å²) in [6.07, 6.45) is 0. The Morgan fingerprint density at radius 1 is 0.312 bits per heavy atom. The lowest BCUT2D eigenvalue weighted by Crippen LogP contribution is -2.43. The second kappa shape index (κ2) is 15.8. The monoisotopic (exact) mass is 978 g/mol. The highest BCUT2D eigenvalue weighted by Gasteiger charge is 2.59. The van der Waals surface area contributed by atoms with Gasteiger partial charge in [-0.1, -0.05) is 218 Å². The number of benzene rings is 12. The number of hydrogen-bond acceptors (Lipinski definition) is 2. The summed E-state index contributed by atoms with van der Waals surface area (Å²) in [6, 6.07) is 104. The molecule has 3 aliphatic rings. The number of furan rings is 1. The molecule has 0 amide bonds. The SMILES string of the molecule is c1ccc(-n2c3ccccc3c3cc(N(c4ccc(-c5cccc6c5oc5ccccc56)cc4)c4cccc5c4-c4ccccc4C54c5ccccc5C5(c6ccccc6-c6ccccc65)c5ccccc54)ccc32)cc1. The Hall–Kier alpha value is -9.96. The van der Waals surface area contributed by atoms with Gasteiger partial charge in [0.1, 0.15) is 11.2 Å². The Balaban J connectivity index is 0.933. The first kappa shape index (κ1) is 42.4. The molecule has 14 aromatic rings. The molecule has 0 bridgehead atoms. The summed E-state index contributed by atoms with van der Waals surface area (Å²) in [6.45, 7) is 0. The fraction of sp³-hybridized carbons (Fsp3) is 0.0270. The highest BCUT2D eigenvalue weighted by molar-refractivity contribution is 6.12. The van der Waals surface area contributed by atoms with E-state index in [9.17, 15) is 0 Å². The molecule has 0 N–H and O–H groups in total. The van der Waals surface area contributed by atoms with Crippen molar-refractivity contribution in [3.63, 3.8) is 0 Å². The molecule has 2 spiro atoms. The van der Waals surface area contributed by atoms with Gasteiger partial charge in [0.05, 0.1) is 27.6 Å². The van der Waals surface area contributed by atoms with Gasteiger partial charge in [0, 0.05) is 49.7 Å². The van der Waals surface area contributed by atoms with Crippen molar-refractivity contribution in [1.29, 1.82) is 0 Å². The van der Waals surface area contributed by atoms with E-state index in [2.05, 4.69) is 282 Å². The van der Waals surface area contributed by atoms with E-state index in [0.29, 0.717) is 0 Å². The van der Waals surface area contributed by atoms with Crippen LogP contribution < -0.4 is 4.90 Å². The van der Waals surface area contributed by atoms with E-state index in [1.165, 1.54) is 83.1 Å². The van der Waals surface area contributed by atoms with Crippen molar-refractivity contribution in [3.05, 3.63) is 324 Å². The third kappa shape index (κ3) is 5.49. The molecule has 0 atom stereocenters. The van der Waals surface area contributed by atoms with Crippen LogP contribution in [0.1, 0.15) is 44.5 Å². The zero-order valence-electron chi connectivity index (χ0n) is 41.9. The van der Waals surface area contributed by atoms with E-state index in [1.807, 2.05) is 6.07 Å². The van der Waals surface area contributed by atoms with Gasteiger partial charge in [-0.05, 0) is 127 Å². The molecule has 0 saturated heterocycles. The number of hydrogen-bond donors (Lipinski definition) is 0. The average Bonchev–Trinajstić information content (AvgIpc) is 4.38. The van der Waals surface area contributed by atoms with Crippen LogP contribution in [0.2, 0.25) is 0 Å². The van der Waals surface area contributed by atoms with Crippen LogP contribution in [-0.4, -0.2) is 4.57 Å². The molecule has 3 heteroatoms. The smallest absolute Gasteiger partial charge is 0.143 e. The van der Waals surface area contributed by atoms with Gasteiger partial charge in [0.15, 0.2) is 0 Å². The first-order valence-corrected chi connectivity index (χ1v) is 26.7. The lowest BCUT2D eigenvalue weighted by atomic mass is 9.52. The molecule has 0 fully saturated rings. The number of fused-ring (bicyclic) bond motifs is 22. The third-order valence-electron chi connectivity index (χ3n) is 17.5. The number of rotatable bonds is 5. The lowest BCUT2D eigenvalue weighted by Gasteiger charge is -2.48. The summed E-state index contributed by atoms with van der Waals surface area (Å²) in [4.78, 5) is 2.51. The van der Waals surface area contributed by atoms with Gasteiger partial charge in [-0.25, -0.2) is 0 Å². The molecule has 77 heavy (non-hydrogen) atoms. The van der Waals surface area contributed by atoms with Crippen LogP contribution >= 0.6 is 0 Å². The lowest BCUT2D eigenvalue weighted by molar-refractivity contribution is 0.633. The van der Waals surface area contributed by atoms with Crippen molar-refractivity contribution in [2.75, 3.05) is 4.90 Å². The van der Waals surface area contributed by atoms with Crippen molar-refractivity contribution < 1.29 is 4.42 Å². The van der Waals surface area contributed by atoms with E-state index in [-0.39, 0.29) is 0 Å². The van der Waals surface area contributed by atoms with Gasteiger partial charge in [0.25, 0.3) is 0 Å². The Morgan fingerprint density at radius 3 is 1.48 bits per heavy atom. The van der Waals surface area contributed by atoms with Gasteiger partial charge < -0.3 is 13.9 Å². The predicted molar refractivity (Wildman–Crippen MR) is 316 cm³/mol. The standard InChI is InChI=1S/C74H46N2O/c1-2-20-48(21-3-1)76-67-37-16-7-24-54(67)58-46-50(44-45-68(58)76)75(49-42-40-47(41-43-49)51-27-18-28-56-55-25-8-17-39-70(55)77-72(51)56)69-38-19-36-66-71(69)57-26-6-11-31-61(57)74(66)64-34-14-12-32-62(64)73(63-33-13-15-35-65(63)74)59-29-9-4-22-52(59)53-23-5-10-30-60(53)73/h1-46H. The average molecular weight is 979 g/mol. The maximum atomic E-state index is 6.61. The summed E-state index contributed by atoms with van der Waals surface area (Å²) in [5, 5.41) is 4.66. The number of para-hydroxylation sites is 4. The summed E-state index contributed by atoms with van der Waals surface area (Å²) >= 11 is 0. The van der Waals surface area contributed by atoms with E-state index in [4.69, 9.17) is 4.42 Å². The largest absolute Gasteiger partial charge is 0.455 e. The highest BCUT2D eigenvalue weighted by atomic mass is 16.3. The van der Waals surface area contributed by atoms with Gasteiger partial charge in [0.2, 0.25) is 0 Å². The molecule has 3 nitrogen and oxygen atoms in total. The summed E-state index contributed by atoms with van der Waals surface area (Å²) in [5.74, 6) is 0. The van der Waals surface area contributed by atoms with Gasteiger partial charge in [-0.2, -0.15) is 0 Å². The molecule has 2 aromatic heterocycles. The third-order valence-corrected chi connectivity index (χ3v) is 17.5. The van der Waals surface area contributed by atoms with E-state index in [0.717, 1.165) is 61.3 Å². The second-order valence-corrected chi connectivity index (χ2v) is 21.0. The van der Waals surface area contributed by atoms with Gasteiger partial charge in [-0.3, -0.25) is 0 Å². The van der Waals surface area contributed by atoms with Crippen LogP contribution in [0.4, 0.5) is 17.1 Å². The minimum Gasteiger partial charge on any atom is -0.455 e. The molecule has 3 aliphatic carbocycles. The molecule has 12 aromatic carbocycles. The Morgan fingerprint density at radius 2 is 0.792 bits per heavy atom. The minimum absolute atomic E-state index is 0.518. The molecule has 2 heterocycles. The topological polar surface area (TPSA) is 21.3 Å². The maximum Gasteiger partial charge on any atom is 0.143 e. The Bertz CT molecular complexity index is 4670. The van der Waals surface area contributed by atoms with Crippen LogP contribution in [0, 0.1) is 0 Å². The van der Waals surface area contributed by atoms with Crippen molar-refractivity contribution in [2.24, 2.45) is 0 Å². The molecule has 0 radical (unpaired) electrons. The first-order valence-electron chi connectivity index (χ1n) is 26.7. The Labute approximate surface area is 445 Å². The van der Waals surface area contributed by atoms with Crippen molar-refractivity contribution >= 4 is 60.8 Å². The Kier molecular flexibility index (Phi) is 8.69. The van der Waals surface area contributed by atoms with Crippen molar-refractivity contribution in [3.8, 4) is 39.1 Å². The zero-order valence-corrected chi connectivity index (χ0v) is 41.9. The maximum absolute atomic E-state index is 6.61. The second-order valence-electron chi connectivity index (χ2n) is 21.0. The fourth-order valence-corrected chi connectivity index (χ4v) is 14.6. The number of nitrogens with zero attached hydrogens (tertiary/aromatic N) is 2. The fourth-order valence-electron chi connectivity index (χ4n) is 14.6. The molecular weight excluding hydrogens is 933 g/mol. The first-order chi connectivity index (χ1) is 38.2. The zero-order chi connectivity index (χ0) is 50.4. The van der Waals surface area contributed by atoms with Crippen molar-refractivity contribution in [2.45, 2.75) is 10.8 Å². The van der Waals surface area contributed by atoms with Crippen LogP contribution in [0.3, 0.4) is 0 Å². The molecule has 0 saturated carbocycles. The molecule has 0 unspecified atom stereocenters.